The molecule has 0 aromatic carbocycles. The van der Waals surface area contributed by atoms with Gasteiger partial charge in [-0.05, 0) is 18.8 Å². The van der Waals surface area contributed by atoms with E-state index < -0.39 is 18.1 Å². The molecule has 16 heavy (non-hydrogen) atoms. The maximum Gasteiger partial charge on any atom is 0.412 e. The van der Waals surface area contributed by atoms with Crippen LogP contribution in [0.5, 0.6) is 0 Å². The molecule has 1 fully saturated rings. The highest BCUT2D eigenvalue weighted by Crippen LogP contribution is 2.33. The molecule has 1 unspecified atom stereocenters. The molecule has 1 atom stereocenters. The van der Waals surface area contributed by atoms with Crippen molar-refractivity contribution in [2.75, 3.05) is 0 Å². The normalized spacial score (nSPS) is 18.0. The van der Waals surface area contributed by atoms with Gasteiger partial charge in [-0.25, -0.2) is 0 Å². The van der Waals surface area contributed by atoms with Gasteiger partial charge >= 0.3 is 6.18 Å². The van der Waals surface area contributed by atoms with Gasteiger partial charge in [0, 0.05) is 6.42 Å². The Morgan fingerprint density at radius 2 is 2.06 bits per heavy atom. The number of nitrogens with zero attached hydrogens (tertiary/aromatic N) is 2. The summed E-state index contributed by atoms with van der Waals surface area (Å²) in [4.78, 5) is 3.63. The first-order chi connectivity index (χ1) is 6.97. The number of rotatable bonds is 3. The Kier molecular flexibility index (Phi) is 3.80. The molecular weight excluding hydrogens is 247 g/mol. The molecule has 2 rings (SSSR count). The zero-order valence-corrected chi connectivity index (χ0v) is 9.01. The zero-order valence-electron chi connectivity index (χ0n) is 8.20. The molecule has 0 bridgehead atoms. The van der Waals surface area contributed by atoms with E-state index in [1.165, 1.54) is 0 Å². The van der Waals surface area contributed by atoms with Crippen LogP contribution < -0.4 is 5.73 Å². The highest BCUT2D eigenvalue weighted by atomic mass is 35.5. The minimum absolute atomic E-state index is 0. The van der Waals surface area contributed by atoms with Gasteiger partial charge in [0.1, 0.15) is 0 Å². The van der Waals surface area contributed by atoms with Gasteiger partial charge in [-0.2, -0.15) is 18.2 Å². The average Bonchev–Trinajstić information content (AvgIpc) is 2.80. The Morgan fingerprint density at radius 3 is 2.56 bits per heavy atom. The highest BCUT2D eigenvalue weighted by molar-refractivity contribution is 5.85. The fourth-order valence-electron chi connectivity index (χ4n) is 1.20. The van der Waals surface area contributed by atoms with E-state index in [1.54, 1.807) is 0 Å². The molecule has 1 aliphatic rings. The van der Waals surface area contributed by atoms with Crippen molar-refractivity contribution in [3.8, 4) is 0 Å². The van der Waals surface area contributed by atoms with E-state index in [1.807, 2.05) is 0 Å². The molecule has 1 aromatic rings. The van der Waals surface area contributed by atoms with Crippen LogP contribution in [0.15, 0.2) is 4.52 Å². The Hall–Kier alpha value is -0.820. The van der Waals surface area contributed by atoms with Crippen LogP contribution in [0.3, 0.4) is 0 Å². The van der Waals surface area contributed by atoms with Crippen molar-refractivity contribution in [3.05, 3.63) is 11.7 Å². The third-order valence-corrected chi connectivity index (χ3v) is 2.27. The second-order valence-corrected chi connectivity index (χ2v) is 3.72. The summed E-state index contributed by atoms with van der Waals surface area (Å²) >= 11 is 0. The second kappa shape index (κ2) is 4.58. The third-order valence-electron chi connectivity index (χ3n) is 2.27. The molecule has 1 saturated carbocycles. The smallest absolute Gasteiger partial charge is 0.337 e. The first-order valence-electron chi connectivity index (χ1n) is 4.61. The first kappa shape index (κ1) is 13.2. The van der Waals surface area contributed by atoms with E-state index in [4.69, 9.17) is 5.73 Å². The van der Waals surface area contributed by atoms with Crippen LogP contribution >= 0.6 is 12.4 Å². The predicted molar refractivity (Wildman–Crippen MR) is 51.0 cm³/mol. The fourth-order valence-corrected chi connectivity index (χ4v) is 1.20. The highest BCUT2D eigenvalue weighted by Gasteiger charge is 2.42. The zero-order chi connectivity index (χ0) is 11.1. The maximum atomic E-state index is 12.2. The molecule has 0 saturated heterocycles. The van der Waals surface area contributed by atoms with Gasteiger partial charge in [-0.15, -0.1) is 12.4 Å². The molecule has 1 aliphatic carbocycles. The summed E-state index contributed by atoms with van der Waals surface area (Å²) in [6.45, 7) is 0. The Bertz CT molecular complexity index is 351. The second-order valence-electron chi connectivity index (χ2n) is 3.72. The fraction of sp³-hybridized carbons (Fsp3) is 0.750. The molecule has 0 amide bonds. The van der Waals surface area contributed by atoms with Gasteiger partial charge in [-0.3, -0.25) is 0 Å². The molecule has 1 aromatic heterocycles. The van der Waals surface area contributed by atoms with E-state index in [2.05, 4.69) is 14.7 Å². The van der Waals surface area contributed by atoms with Gasteiger partial charge < -0.3 is 10.3 Å². The number of hydrogen-bond donors (Lipinski definition) is 1. The summed E-state index contributed by atoms with van der Waals surface area (Å²) in [5.74, 6) is 0.253. The van der Waals surface area contributed by atoms with Crippen molar-refractivity contribution in [2.24, 2.45) is 11.7 Å². The summed E-state index contributed by atoms with van der Waals surface area (Å²) in [5, 5.41) is 3.46. The lowest BCUT2D eigenvalue weighted by atomic mass is 10.3. The topological polar surface area (TPSA) is 64.9 Å². The number of nitrogens with two attached hydrogens (primary N) is 1. The van der Waals surface area contributed by atoms with E-state index in [9.17, 15) is 13.2 Å². The predicted octanol–water partition coefficient (Wildman–Crippen LogP) is 2.01. The van der Waals surface area contributed by atoms with Gasteiger partial charge in [-0.1, -0.05) is 5.16 Å². The van der Waals surface area contributed by atoms with E-state index in [0.717, 1.165) is 12.8 Å². The molecular formula is C8H11ClF3N3O. The van der Waals surface area contributed by atoms with Crippen molar-refractivity contribution in [3.63, 3.8) is 0 Å². The van der Waals surface area contributed by atoms with Crippen molar-refractivity contribution in [1.82, 2.24) is 10.1 Å². The summed E-state index contributed by atoms with van der Waals surface area (Å²) in [6.07, 6.45) is -1.80. The largest absolute Gasteiger partial charge is 0.412 e. The summed E-state index contributed by atoms with van der Waals surface area (Å²) in [6, 6.07) is -2.18. The van der Waals surface area contributed by atoms with Crippen molar-refractivity contribution < 1.29 is 17.7 Å². The number of aromatic nitrogens is 2. The molecule has 0 spiro atoms. The van der Waals surface area contributed by atoms with Crippen LogP contribution in [0.2, 0.25) is 0 Å². The van der Waals surface area contributed by atoms with E-state index in [0.29, 0.717) is 18.2 Å². The van der Waals surface area contributed by atoms with Gasteiger partial charge in [0.2, 0.25) is 0 Å². The summed E-state index contributed by atoms with van der Waals surface area (Å²) < 4.78 is 41.0. The van der Waals surface area contributed by atoms with Crippen molar-refractivity contribution >= 4 is 12.4 Å². The quantitative estimate of drug-likeness (QED) is 0.900. The Balaban J connectivity index is 0.00000128. The number of halogens is 4. The molecule has 0 aliphatic heterocycles. The Labute approximate surface area is 95.8 Å². The lowest BCUT2D eigenvalue weighted by molar-refractivity contribution is -0.154. The van der Waals surface area contributed by atoms with Crippen molar-refractivity contribution in [1.29, 1.82) is 0 Å². The first-order valence-corrected chi connectivity index (χ1v) is 4.61. The standard InChI is InChI=1S/C8H10F3N3O.ClH/c9-8(10,11)6(12)7-13-5(14-15-7)3-4-1-2-4;/h4,6H,1-3,12H2;1H. The average molecular weight is 258 g/mol. The summed E-state index contributed by atoms with van der Waals surface area (Å²) in [7, 11) is 0. The molecule has 0 radical (unpaired) electrons. The third kappa shape index (κ3) is 3.08. The van der Waals surface area contributed by atoms with Crippen molar-refractivity contribution in [2.45, 2.75) is 31.5 Å². The molecule has 8 heteroatoms. The van der Waals surface area contributed by atoms with Gasteiger partial charge in [0.25, 0.3) is 5.89 Å². The minimum atomic E-state index is -4.54. The van der Waals surface area contributed by atoms with Crippen LogP contribution in [-0.2, 0) is 6.42 Å². The van der Waals surface area contributed by atoms with Crippen LogP contribution in [0.1, 0.15) is 30.6 Å². The van der Waals surface area contributed by atoms with Gasteiger partial charge in [0.15, 0.2) is 11.9 Å². The maximum absolute atomic E-state index is 12.2. The molecule has 92 valence electrons. The lowest BCUT2D eigenvalue weighted by Crippen LogP contribution is -2.28. The number of alkyl halides is 3. The summed E-state index contributed by atoms with van der Waals surface area (Å²) in [5.41, 5.74) is 4.91. The van der Waals surface area contributed by atoms with Crippen LogP contribution in [0, 0.1) is 5.92 Å². The molecule has 4 nitrogen and oxygen atoms in total. The lowest BCUT2D eigenvalue weighted by Gasteiger charge is -2.09. The van der Waals surface area contributed by atoms with Crippen LogP contribution in [0.25, 0.3) is 0 Å². The minimum Gasteiger partial charge on any atom is -0.337 e. The van der Waals surface area contributed by atoms with Crippen LogP contribution in [0.4, 0.5) is 13.2 Å². The Morgan fingerprint density at radius 1 is 1.44 bits per heavy atom. The number of hydrogen-bond acceptors (Lipinski definition) is 4. The monoisotopic (exact) mass is 257 g/mol. The van der Waals surface area contributed by atoms with E-state index >= 15 is 0 Å². The SMILES string of the molecule is Cl.NC(c1nc(CC2CC2)no1)C(F)(F)F. The van der Waals surface area contributed by atoms with Gasteiger partial charge in [0.05, 0.1) is 0 Å². The molecule has 2 N–H and O–H groups in total. The van der Waals surface area contributed by atoms with E-state index in [-0.39, 0.29) is 12.4 Å². The molecule has 1 heterocycles. The van der Waals surface area contributed by atoms with Crippen LogP contribution in [-0.4, -0.2) is 16.3 Å².